The van der Waals surface area contributed by atoms with Crippen LogP contribution in [0.2, 0.25) is 0 Å². The van der Waals surface area contributed by atoms with Gasteiger partial charge in [0.2, 0.25) is 0 Å². The van der Waals surface area contributed by atoms with E-state index < -0.39 is 4.92 Å². The highest BCUT2D eigenvalue weighted by atomic mass is 16.6. The zero-order chi connectivity index (χ0) is 15.2. The van der Waals surface area contributed by atoms with Crippen LogP contribution in [0.1, 0.15) is 5.82 Å². The van der Waals surface area contributed by atoms with Crippen molar-refractivity contribution in [3.8, 4) is 5.75 Å². The number of nitro benzene ring substituents is 1. The number of nitro groups is 1. The number of carbonyl (C=O) groups excluding carboxylic acids is 1. The molecule has 0 aliphatic rings. The van der Waals surface area contributed by atoms with E-state index in [-0.39, 0.29) is 30.5 Å². The van der Waals surface area contributed by atoms with Crippen molar-refractivity contribution in [1.29, 1.82) is 0 Å². The summed E-state index contributed by atoms with van der Waals surface area (Å²) in [7, 11) is 1.60. The highest BCUT2D eigenvalue weighted by Gasteiger charge is 2.12. The predicted molar refractivity (Wildman–Crippen MR) is 71.4 cm³/mol. The van der Waals surface area contributed by atoms with Gasteiger partial charge in [0, 0.05) is 13.1 Å². The van der Waals surface area contributed by atoms with Crippen LogP contribution in [0, 0.1) is 10.1 Å². The quantitative estimate of drug-likeness (QED) is 0.620. The molecule has 0 atom stereocenters. The summed E-state index contributed by atoms with van der Waals surface area (Å²) in [6.07, 6.45) is 1.35. The van der Waals surface area contributed by atoms with E-state index >= 15 is 0 Å². The summed E-state index contributed by atoms with van der Waals surface area (Å²) in [6, 6.07) is 5.67. The number of nitrogens with zero attached hydrogens (tertiary/aromatic N) is 4. The average molecular weight is 291 g/mol. The average Bonchev–Trinajstić information content (AvgIpc) is 2.97. The molecule has 0 saturated carbocycles. The molecule has 1 amide bonds. The van der Waals surface area contributed by atoms with Crippen LogP contribution in [0.25, 0.3) is 0 Å². The molecule has 2 rings (SSSR count). The number of H-pyrrole nitrogens is 1. The monoisotopic (exact) mass is 291 g/mol. The van der Waals surface area contributed by atoms with Crippen molar-refractivity contribution in [3.63, 3.8) is 0 Å². The number of rotatable bonds is 6. The number of aromatic amines is 1. The topological polar surface area (TPSA) is 114 Å². The minimum absolute atomic E-state index is 0.0880. The summed E-state index contributed by atoms with van der Waals surface area (Å²) in [5.74, 6) is 0.546. The van der Waals surface area contributed by atoms with E-state index in [4.69, 9.17) is 4.74 Å². The van der Waals surface area contributed by atoms with Gasteiger partial charge in [-0.2, -0.15) is 5.10 Å². The van der Waals surface area contributed by atoms with Crippen molar-refractivity contribution in [2.24, 2.45) is 0 Å². The fraction of sp³-hybridized carbons (Fsp3) is 0.250. The number of carbonyl (C=O) groups is 1. The van der Waals surface area contributed by atoms with Crippen LogP contribution in [0.15, 0.2) is 30.6 Å². The molecule has 21 heavy (non-hydrogen) atoms. The second kappa shape index (κ2) is 6.46. The Bertz CT molecular complexity index is 628. The molecule has 0 saturated heterocycles. The van der Waals surface area contributed by atoms with Crippen LogP contribution in [0.3, 0.4) is 0 Å². The largest absolute Gasteiger partial charge is 0.484 e. The SMILES string of the molecule is CN(Cc1ncn[nH]1)C(=O)COc1cccc([N+](=O)[O-])c1. The van der Waals surface area contributed by atoms with Gasteiger partial charge in [0.25, 0.3) is 11.6 Å². The summed E-state index contributed by atoms with van der Waals surface area (Å²) in [4.78, 5) is 27.3. The predicted octanol–water partition coefficient (Wildman–Crippen LogP) is 0.750. The molecule has 1 aromatic heterocycles. The summed E-state index contributed by atoms with van der Waals surface area (Å²) in [5, 5.41) is 17.0. The van der Waals surface area contributed by atoms with Gasteiger partial charge < -0.3 is 9.64 Å². The van der Waals surface area contributed by atoms with Crippen molar-refractivity contribution in [2.45, 2.75) is 6.54 Å². The molecular formula is C12H13N5O4. The fourth-order valence-electron chi connectivity index (χ4n) is 1.56. The third kappa shape index (κ3) is 4.00. The minimum atomic E-state index is -0.523. The lowest BCUT2D eigenvalue weighted by atomic mass is 10.3. The van der Waals surface area contributed by atoms with Gasteiger partial charge in [-0.25, -0.2) is 4.98 Å². The Morgan fingerprint density at radius 1 is 1.52 bits per heavy atom. The van der Waals surface area contributed by atoms with Gasteiger partial charge >= 0.3 is 0 Å². The van der Waals surface area contributed by atoms with Crippen LogP contribution >= 0.6 is 0 Å². The van der Waals surface area contributed by atoms with Crippen molar-refractivity contribution < 1.29 is 14.5 Å². The first kappa shape index (κ1) is 14.4. The van der Waals surface area contributed by atoms with E-state index in [1.54, 1.807) is 13.1 Å². The lowest BCUT2D eigenvalue weighted by Gasteiger charge is -2.15. The molecule has 0 aliphatic carbocycles. The van der Waals surface area contributed by atoms with E-state index in [9.17, 15) is 14.9 Å². The van der Waals surface area contributed by atoms with Gasteiger partial charge in [0.1, 0.15) is 17.9 Å². The van der Waals surface area contributed by atoms with Crippen molar-refractivity contribution in [3.05, 3.63) is 46.5 Å². The Balaban J connectivity index is 1.88. The molecule has 0 spiro atoms. The number of ether oxygens (including phenoxy) is 1. The van der Waals surface area contributed by atoms with E-state index in [0.717, 1.165) is 0 Å². The smallest absolute Gasteiger partial charge is 0.273 e. The van der Waals surface area contributed by atoms with E-state index in [1.165, 1.54) is 29.4 Å². The van der Waals surface area contributed by atoms with Gasteiger partial charge in [-0.1, -0.05) is 6.07 Å². The zero-order valence-electron chi connectivity index (χ0n) is 11.2. The number of hydrogen-bond acceptors (Lipinski definition) is 6. The first-order valence-corrected chi connectivity index (χ1v) is 6.01. The highest BCUT2D eigenvalue weighted by molar-refractivity contribution is 5.77. The van der Waals surface area contributed by atoms with Gasteiger partial charge in [-0.05, 0) is 6.07 Å². The van der Waals surface area contributed by atoms with Gasteiger partial charge in [0.15, 0.2) is 6.61 Å². The molecule has 110 valence electrons. The second-order valence-corrected chi connectivity index (χ2v) is 4.23. The van der Waals surface area contributed by atoms with Crippen LogP contribution < -0.4 is 4.74 Å². The molecule has 0 bridgehead atoms. The summed E-state index contributed by atoms with van der Waals surface area (Å²) >= 11 is 0. The molecule has 0 unspecified atom stereocenters. The van der Waals surface area contributed by atoms with Crippen molar-refractivity contribution in [1.82, 2.24) is 20.1 Å². The minimum Gasteiger partial charge on any atom is -0.484 e. The summed E-state index contributed by atoms with van der Waals surface area (Å²) in [6.45, 7) is 0.0585. The second-order valence-electron chi connectivity index (χ2n) is 4.23. The Morgan fingerprint density at radius 3 is 3.00 bits per heavy atom. The third-order valence-electron chi connectivity index (χ3n) is 2.67. The number of likely N-dealkylation sites (N-methyl/N-ethyl adjacent to an activating group) is 1. The van der Waals surface area contributed by atoms with Crippen LogP contribution in [-0.4, -0.2) is 44.6 Å². The molecule has 0 aliphatic heterocycles. The van der Waals surface area contributed by atoms with Crippen LogP contribution in [0.4, 0.5) is 5.69 Å². The summed E-state index contributed by atoms with van der Waals surface area (Å²) < 4.78 is 5.26. The lowest BCUT2D eigenvalue weighted by Crippen LogP contribution is -2.31. The van der Waals surface area contributed by atoms with Crippen LogP contribution in [-0.2, 0) is 11.3 Å². The molecule has 9 heteroatoms. The molecule has 2 aromatic rings. The molecule has 9 nitrogen and oxygen atoms in total. The van der Waals surface area contributed by atoms with Crippen molar-refractivity contribution >= 4 is 11.6 Å². The van der Waals surface area contributed by atoms with E-state index in [1.807, 2.05) is 0 Å². The summed E-state index contributed by atoms with van der Waals surface area (Å²) in [5.41, 5.74) is -0.0880. The highest BCUT2D eigenvalue weighted by Crippen LogP contribution is 2.19. The first-order valence-electron chi connectivity index (χ1n) is 6.01. The fourth-order valence-corrected chi connectivity index (χ4v) is 1.56. The normalized spacial score (nSPS) is 10.1. The Labute approximate surface area is 119 Å². The Hall–Kier alpha value is -2.97. The number of nitrogens with one attached hydrogen (secondary N) is 1. The van der Waals surface area contributed by atoms with Gasteiger partial charge in [0.05, 0.1) is 17.5 Å². The molecule has 1 N–H and O–H groups in total. The number of benzene rings is 1. The Morgan fingerprint density at radius 2 is 2.33 bits per heavy atom. The van der Waals surface area contributed by atoms with Crippen molar-refractivity contribution in [2.75, 3.05) is 13.7 Å². The van der Waals surface area contributed by atoms with E-state index in [0.29, 0.717) is 5.82 Å². The Kier molecular flexibility index (Phi) is 4.44. The first-order chi connectivity index (χ1) is 10.1. The lowest BCUT2D eigenvalue weighted by molar-refractivity contribution is -0.384. The van der Waals surface area contributed by atoms with Gasteiger partial charge in [-0.3, -0.25) is 20.0 Å². The molecule has 1 aromatic carbocycles. The van der Waals surface area contributed by atoms with Crippen LogP contribution in [0.5, 0.6) is 5.75 Å². The maximum atomic E-state index is 11.9. The maximum absolute atomic E-state index is 11.9. The molecular weight excluding hydrogens is 278 g/mol. The third-order valence-corrected chi connectivity index (χ3v) is 2.67. The molecule has 0 fully saturated rings. The van der Waals surface area contributed by atoms with E-state index in [2.05, 4.69) is 15.2 Å². The molecule has 0 radical (unpaired) electrons. The number of amides is 1. The number of non-ortho nitro benzene ring substituents is 1. The number of aromatic nitrogens is 3. The van der Waals surface area contributed by atoms with Gasteiger partial charge in [-0.15, -0.1) is 0 Å². The maximum Gasteiger partial charge on any atom is 0.273 e. The number of hydrogen-bond donors (Lipinski definition) is 1. The standard InChI is InChI=1S/C12H13N5O4/c1-16(6-11-13-8-14-15-11)12(18)7-21-10-4-2-3-9(5-10)17(19)20/h2-5,8H,6-7H2,1H3,(H,13,14,15). The zero-order valence-corrected chi connectivity index (χ0v) is 11.2. The molecule has 1 heterocycles.